The third-order valence-corrected chi connectivity index (χ3v) is 3.87. The van der Waals surface area contributed by atoms with Crippen LogP contribution in [-0.2, 0) is 0 Å². The molecule has 3 aromatic carbocycles. The molecule has 0 unspecified atom stereocenters. The molecule has 3 heteroatoms. The summed E-state index contributed by atoms with van der Waals surface area (Å²) < 4.78 is 5.26. The summed E-state index contributed by atoms with van der Waals surface area (Å²) in [6.45, 7) is 4.08. The summed E-state index contributed by atoms with van der Waals surface area (Å²) in [5.74, 6) is 0.872. The van der Waals surface area contributed by atoms with Gasteiger partial charge in [-0.25, -0.2) is 0 Å². The molecule has 1 N–H and O–H groups in total. The van der Waals surface area contributed by atoms with Crippen molar-refractivity contribution in [1.82, 2.24) is 0 Å². The van der Waals surface area contributed by atoms with Crippen molar-refractivity contribution in [3.63, 3.8) is 0 Å². The Labute approximate surface area is 136 Å². The molecule has 3 rings (SSSR count). The molecule has 0 saturated heterocycles. The molecule has 3 aromatic rings. The number of methoxy groups -OCH3 is 1. The average Bonchev–Trinajstić information content (AvgIpc) is 2.60. The summed E-state index contributed by atoms with van der Waals surface area (Å²) in [7, 11) is 1.68. The van der Waals surface area contributed by atoms with Gasteiger partial charge in [-0.1, -0.05) is 35.9 Å². The zero-order valence-electron chi connectivity index (χ0n) is 13.6. The largest absolute Gasteiger partial charge is 0.497 e. The second-order valence-corrected chi connectivity index (χ2v) is 5.60. The minimum atomic E-state index is 0.872. The molecule has 116 valence electrons. The smallest absolute Gasteiger partial charge is 0.119 e. The van der Waals surface area contributed by atoms with Gasteiger partial charge in [0.05, 0.1) is 18.5 Å². The van der Waals surface area contributed by atoms with E-state index in [1.807, 2.05) is 31.2 Å². The van der Waals surface area contributed by atoms with Gasteiger partial charge < -0.3 is 4.74 Å². The molecule has 0 saturated carbocycles. The highest BCUT2D eigenvalue weighted by atomic mass is 16.5. The SMILES string of the molecule is COc1ccc2cc(/C(C)=N\Nc3ccc(C)cc3)ccc2c1. The molecule has 0 fully saturated rings. The normalized spacial score (nSPS) is 11.5. The first-order valence-electron chi connectivity index (χ1n) is 7.61. The van der Waals surface area contributed by atoms with Gasteiger partial charge in [-0.15, -0.1) is 0 Å². The van der Waals surface area contributed by atoms with Crippen LogP contribution in [0.2, 0.25) is 0 Å². The van der Waals surface area contributed by atoms with E-state index in [-0.39, 0.29) is 0 Å². The van der Waals surface area contributed by atoms with Crippen LogP contribution in [0.15, 0.2) is 65.8 Å². The van der Waals surface area contributed by atoms with Crippen LogP contribution in [0.25, 0.3) is 10.8 Å². The van der Waals surface area contributed by atoms with Gasteiger partial charge >= 0.3 is 0 Å². The van der Waals surface area contributed by atoms with E-state index in [0.29, 0.717) is 0 Å². The van der Waals surface area contributed by atoms with Gasteiger partial charge in [0.2, 0.25) is 0 Å². The van der Waals surface area contributed by atoms with Crippen LogP contribution in [0.5, 0.6) is 5.75 Å². The van der Waals surface area contributed by atoms with Gasteiger partial charge in [0.25, 0.3) is 0 Å². The van der Waals surface area contributed by atoms with Crippen molar-refractivity contribution in [2.24, 2.45) is 5.10 Å². The molecule has 23 heavy (non-hydrogen) atoms. The fourth-order valence-electron chi connectivity index (χ4n) is 2.42. The van der Waals surface area contributed by atoms with Crippen molar-refractivity contribution in [3.8, 4) is 5.75 Å². The first kappa shape index (κ1) is 15.1. The second-order valence-electron chi connectivity index (χ2n) is 5.60. The van der Waals surface area contributed by atoms with Gasteiger partial charge in [0, 0.05) is 0 Å². The maximum absolute atomic E-state index is 5.26. The zero-order valence-corrected chi connectivity index (χ0v) is 13.6. The summed E-state index contributed by atoms with van der Waals surface area (Å²) in [5.41, 5.74) is 7.37. The van der Waals surface area contributed by atoms with Crippen molar-refractivity contribution < 1.29 is 4.74 Å². The molecule has 0 spiro atoms. The maximum atomic E-state index is 5.26. The van der Waals surface area contributed by atoms with Gasteiger partial charge in [-0.2, -0.15) is 5.10 Å². The first-order valence-corrected chi connectivity index (χ1v) is 7.61. The third-order valence-electron chi connectivity index (χ3n) is 3.87. The Hall–Kier alpha value is -2.81. The fourth-order valence-corrected chi connectivity index (χ4v) is 2.42. The lowest BCUT2D eigenvalue weighted by Crippen LogP contribution is -1.99. The average molecular weight is 304 g/mol. The van der Waals surface area contributed by atoms with E-state index in [2.05, 4.69) is 53.8 Å². The van der Waals surface area contributed by atoms with E-state index in [1.165, 1.54) is 10.9 Å². The molecule has 0 heterocycles. The number of fused-ring (bicyclic) bond motifs is 1. The Kier molecular flexibility index (Phi) is 4.29. The summed E-state index contributed by atoms with van der Waals surface area (Å²) in [4.78, 5) is 0. The molecule has 0 radical (unpaired) electrons. The number of aryl methyl sites for hydroxylation is 1. The van der Waals surface area contributed by atoms with Crippen LogP contribution in [0.1, 0.15) is 18.1 Å². The lowest BCUT2D eigenvalue weighted by molar-refractivity contribution is 0.415. The van der Waals surface area contributed by atoms with Crippen molar-refractivity contribution >= 4 is 22.2 Å². The predicted octanol–water partition coefficient (Wildman–Crippen LogP) is 4.99. The summed E-state index contributed by atoms with van der Waals surface area (Å²) in [6, 6.07) is 20.6. The minimum absolute atomic E-state index is 0.872. The maximum Gasteiger partial charge on any atom is 0.119 e. The van der Waals surface area contributed by atoms with E-state index in [4.69, 9.17) is 4.74 Å². The van der Waals surface area contributed by atoms with Crippen molar-refractivity contribution in [3.05, 3.63) is 71.8 Å². The number of benzene rings is 3. The van der Waals surface area contributed by atoms with E-state index >= 15 is 0 Å². The quantitative estimate of drug-likeness (QED) is 0.544. The number of hydrazone groups is 1. The third kappa shape index (κ3) is 3.51. The van der Waals surface area contributed by atoms with Crippen molar-refractivity contribution in [1.29, 1.82) is 0 Å². The molecule has 0 atom stereocenters. The van der Waals surface area contributed by atoms with Crippen LogP contribution in [0.4, 0.5) is 5.69 Å². The zero-order chi connectivity index (χ0) is 16.2. The molecule has 0 aliphatic heterocycles. The topological polar surface area (TPSA) is 33.6 Å². The minimum Gasteiger partial charge on any atom is -0.497 e. The van der Waals surface area contributed by atoms with Gasteiger partial charge in [0.1, 0.15) is 5.75 Å². The number of rotatable bonds is 4. The van der Waals surface area contributed by atoms with Gasteiger partial charge in [-0.3, -0.25) is 5.43 Å². The number of nitrogens with one attached hydrogen (secondary N) is 1. The molecule has 0 amide bonds. The number of hydrogen-bond acceptors (Lipinski definition) is 3. The highest BCUT2D eigenvalue weighted by molar-refractivity contribution is 6.02. The van der Waals surface area contributed by atoms with Crippen LogP contribution in [-0.4, -0.2) is 12.8 Å². The lowest BCUT2D eigenvalue weighted by atomic mass is 10.0. The van der Waals surface area contributed by atoms with Crippen molar-refractivity contribution in [2.45, 2.75) is 13.8 Å². The van der Waals surface area contributed by atoms with E-state index in [1.54, 1.807) is 7.11 Å². The molecule has 3 nitrogen and oxygen atoms in total. The number of nitrogens with zero attached hydrogens (tertiary/aromatic N) is 1. The summed E-state index contributed by atoms with van der Waals surface area (Å²) in [5, 5.41) is 6.81. The van der Waals surface area contributed by atoms with Gasteiger partial charge in [0.15, 0.2) is 0 Å². The summed E-state index contributed by atoms with van der Waals surface area (Å²) in [6.07, 6.45) is 0. The molecular formula is C20H20N2O. The fraction of sp³-hybridized carbons (Fsp3) is 0.150. The van der Waals surface area contributed by atoms with Gasteiger partial charge in [-0.05, 0) is 60.5 Å². The Bertz CT molecular complexity index is 851. The molecule has 0 aliphatic carbocycles. The molecule has 0 bridgehead atoms. The number of anilines is 1. The molecule has 0 aliphatic rings. The molecular weight excluding hydrogens is 284 g/mol. The standard InChI is InChI=1S/C20H20N2O/c1-14-4-9-19(10-5-14)22-21-15(2)16-6-7-18-13-20(23-3)11-8-17(18)12-16/h4-13,22H,1-3H3/b21-15-. The Morgan fingerprint density at radius 1 is 0.913 bits per heavy atom. The molecule has 0 aromatic heterocycles. The second kappa shape index (κ2) is 6.53. The highest BCUT2D eigenvalue weighted by Gasteiger charge is 2.02. The Balaban J connectivity index is 1.83. The predicted molar refractivity (Wildman–Crippen MR) is 97.5 cm³/mol. The van der Waals surface area contributed by atoms with Crippen LogP contribution >= 0.6 is 0 Å². The lowest BCUT2D eigenvalue weighted by Gasteiger charge is -2.07. The number of hydrogen-bond donors (Lipinski definition) is 1. The van der Waals surface area contributed by atoms with Crippen LogP contribution in [0.3, 0.4) is 0 Å². The van der Waals surface area contributed by atoms with Crippen LogP contribution < -0.4 is 10.2 Å². The van der Waals surface area contributed by atoms with E-state index < -0.39 is 0 Å². The Morgan fingerprint density at radius 3 is 2.35 bits per heavy atom. The number of ether oxygens (including phenoxy) is 1. The first-order chi connectivity index (χ1) is 11.2. The van der Waals surface area contributed by atoms with E-state index in [9.17, 15) is 0 Å². The van der Waals surface area contributed by atoms with E-state index in [0.717, 1.165) is 28.1 Å². The Morgan fingerprint density at radius 2 is 1.61 bits per heavy atom. The highest BCUT2D eigenvalue weighted by Crippen LogP contribution is 2.22. The van der Waals surface area contributed by atoms with Crippen LogP contribution in [0, 0.1) is 6.92 Å². The summed E-state index contributed by atoms with van der Waals surface area (Å²) >= 11 is 0. The van der Waals surface area contributed by atoms with Crippen molar-refractivity contribution in [2.75, 3.05) is 12.5 Å². The monoisotopic (exact) mass is 304 g/mol.